The van der Waals surface area contributed by atoms with Crippen molar-refractivity contribution in [2.45, 2.75) is 12.6 Å². The van der Waals surface area contributed by atoms with Crippen molar-refractivity contribution in [3.63, 3.8) is 0 Å². The maximum atomic E-state index is 13.4. The largest absolute Gasteiger partial charge is 0.299 e. The summed E-state index contributed by atoms with van der Waals surface area (Å²) in [5.74, 6) is 0.385. The van der Waals surface area contributed by atoms with E-state index in [-0.39, 0.29) is 11.9 Å². The minimum absolute atomic E-state index is 0.178. The van der Waals surface area contributed by atoms with Gasteiger partial charge in [0.2, 0.25) is 0 Å². The molecule has 0 aliphatic carbocycles. The lowest BCUT2D eigenvalue weighted by Gasteiger charge is -2.17. The molecule has 0 bridgehead atoms. The van der Waals surface area contributed by atoms with Crippen LogP contribution in [-0.2, 0) is 6.54 Å². The van der Waals surface area contributed by atoms with Gasteiger partial charge < -0.3 is 0 Å². The van der Waals surface area contributed by atoms with E-state index >= 15 is 0 Å². The molecule has 1 heterocycles. The van der Waals surface area contributed by atoms with Gasteiger partial charge in [0.15, 0.2) is 0 Å². The summed E-state index contributed by atoms with van der Waals surface area (Å²) >= 11 is 6.11. The van der Waals surface area contributed by atoms with Crippen LogP contribution in [-0.4, -0.2) is 15.2 Å². The molecule has 3 aromatic rings. The first-order valence-corrected chi connectivity index (χ1v) is 7.19. The number of hydrogen-bond acceptors (Lipinski definition) is 3. The molecule has 0 aliphatic rings. The first-order valence-electron chi connectivity index (χ1n) is 6.81. The number of hydrogen-bond donors (Lipinski definition) is 2. The number of nitrogens with one attached hydrogen (secondary N) is 2. The highest BCUT2D eigenvalue weighted by Crippen LogP contribution is 2.21. The van der Waals surface area contributed by atoms with Gasteiger partial charge in [-0.1, -0.05) is 41.9 Å². The predicted octanol–water partition coefficient (Wildman–Crippen LogP) is 3.48. The van der Waals surface area contributed by atoms with E-state index in [0.29, 0.717) is 23.0 Å². The fourth-order valence-corrected chi connectivity index (χ4v) is 2.45. The van der Waals surface area contributed by atoms with E-state index in [1.165, 1.54) is 18.5 Å². The van der Waals surface area contributed by atoms with Crippen molar-refractivity contribution in [3.05, 3.63) is 82.6 Å². The monoisotopic (exact) mass is 316 g/mol. The Labute approximate surface area is 132 Å². The van der Waals surface area contributed by atoms with Crippen LogP contribution in [0.4, 0.5) is 4.39 Å². The summed E-state index contributed by atoms with van der Waals surface area (Å²) < 4.78 is 13.4. The second-order valence-electron chi connectivity index (χ2n) is 4.83. The van der Waals surface area contributed by atoms with Crippen molar-refractivity contribution < 1.29 is 4.39 Å². The average Bonchev–Trinajstić information content (AvgIpc) is 3.06. The van der Waals surface area contributed by atoms with Crippen molar-refractivity contribution in [3.8, 4) is 0 Å². The van der Waals surface area contributed by atoms with Crippen LogP contribution >= 0.6 is 11.6 Å². The SMILES string of the molecule is Fc1ccc(Cl)c(CN[C@@H](c2ccccc2)c2ncn[nH]2)c1. The topological polar surface area (TPSA) is 53.6 Å². The molecule has 2 aromatic carbocycles. The lowest BCUT2D eigenvalue weighted by Crippen LogP contribution is -2.23. The molecule has 2 N–H and O–H groups in total. The summed E-state index contributed by atoms with van der Waals surface area (Å²) in [6.45, 7) is 0.414. The number of rotatable bonds is 5. The number of aromatic nitrogens is 3. The van der Waals surface area contributed by atoms with Crippen LogP contribution in [0.15, 0.2) is 54.9 Å². The number of H-pyrrole nitrogens is 1. The maximum Gasteiger partial charge on any atom is 0.145 e. The van der Waals surface area contributed by atoms with Crippen LogP contribution < -0.4 is 5.32 Å². The zero-order valence-electron chi connectivity index (χ0n) is 11.6. The Morgan fingerprint density at radius 1 is 1.18 bits per heavy atom. The van der Waals surface area contributed by atoms with Crippen LogP contribution in [0.5, 0.6) is 0 Å². The van der Waals surface area contributed by atoms with Gasteiger partial charge in [-0.15, -0.1) is 0 Å². The number of aromatic amines is 1. The predicted molar refractivity (Wildman–Crippen MR) is 82.9 cm³/mol. The van der Waals surface area contributed by atoms with Crippen molar-refractivity contribution in [1.82, 2.24) is 20.5 Å². The van der Waals surface area contributed by atoms with Crippen LogP contribution in [0.25, 0.3) is 0 Å². The first kappa shape index (κ1) is 14.7. The number of halogens is 2. The zero-order chi connectivity index (χ0) is 15.4. The van der Waals surface area contributed by atoms with Gasteiger partial charge in [0.05, 0.1) is 6.04 Å². The Bertz CT molecular complexity index is 731. The van der Waals surface area contributed by atoms with Gasteiger partial charge in [-0.25, -0.2) is 9.37 Å². The molecule has 0 aliphatic heterocycles. The second kappa shape index (κ2) is 6.68. The molecule has 0 spiro atoms. The normalized spacial score (nSPS) is 12.3. The molecule has 0 unspecified atom stereocenters. The Morgan fingerprint density at radius 3 is 2.73 bits per heavy atom. The van der Waals surface area contributed by atoms with E-state index in [4.69, 9.17) is 11.6 Å². The molecular formula is C16H14ClFN4. The van der Waals surface area contributed by atoms with E-state index in [1.807, 2.05) is 30.3 Å². The summed E-state index contributed by atoms with van der Waals surface area (Å²) in [5, 5.41) is 10.6. The molecule has 112 valence electrons. The third-order valence-electron chi connectivity index (χ3n) is 3.34. The summed E-state index contributed by atoms with van der Waals surface area (Å²) in [4.78, 5) is 4.21. The quantitative estimate of drug-likeness (QED) is 0.757. The van der Waals surface area contributed by atoms with Gasteiger partial charge in [0.25, 0.3) is 0 Å². The van der Waals surface area contributed by atoms with Gasteiger partial charge in [-0.2, -0.15) is 5.10 Å². The highest BCUT2D eigenvalue weighted by molar-refractivity contribution is 6.31. The molecule has 3 rings (SSSR count). The third kappa shape index (κ3) is 3.32. The van der Waals surface area contributed by atoms with Gasteiger partial charge in [-0.3, -0.25) is 10.4 Å². The van der Waals surface area contributed by atoms with Gasteiger partial charge in [-0.05, 0) is 29.3 Å². The standard InChI is InChI=1S/C16H14ClFN4/c17-14-7-6-13(18)8-12(14)9-19-15(16-20-10-21-22-16)11-4-2-1-3-5-11/h1-8,10,15,19H,9H2,(H,20,21,22)/t15-/m0/s1. The van der Waals surface area contributed by atoms with E-state index < -0.39 is 0 Å². The van der Waals surface area contributed by atoms with Crippen molar-refractivity contribution in [2.75, 3.05) is 0 Å². The molecule has 4 nitrogen and oxygen atoms in total. The van der Waals surface area contributed by atoms with Crippen LogP contribution in [0, 0.1) is 5.82 Å². The Balaban J connectivity index is 1.84. The molecule has 22 heavy (non-hydrogen) atoms. The molecule has 1 aromatic heterocycles. The minimum Gasteiger partial charge on any atom is -0.299 e. The molecule has 0 saturated heterocycles. The van der Waals surface area contributed by atoms with Crippen LogP contribution in [0.3, 0.4) is 0 Å². The van der Waals surface area contributed by atoms with E-state index in [2.05, 4.69) is 20.5 Å². The second-order valence-corrected chi connectivity index (χ2v) is 5.24. The van der Waals surface area contributed by atoms with Crippen molar-refractivity contribution in [2.24, 2.45) is 0 Å². The fourth-order valence-electron chi connectivity index (χ4n) is 2.26. The highest BCUT2D eigenvalue weighted by Gasteiger charge is 2.16. The summed E-state index contributed by atoms with van der Waals surface area (Å²) in [6, 6.07) is 14.0. The van der Waals surface area contributed by atoms with E-state index in [1.54, 1.807) is 6.07 Å². The van der Waals surface area contributed by atoms with Crippen molar-refractivity contribution >= 4 is 11.6 Å². The summed E-state index contributed by atoms with van der Waals surface area (Å²) in [6.07, 6.45) is 1.46. The third-order valence-corrected chi connectivity index (χ3v) is 3.71. The summed E-state index contributed by atoms with van der Waals surface area (Å²) in [7, 11) is 0. The average molecular weight is 317 g/mol. The Kier molecular flexibility index (Phi) is 4.46. The van der Waals surface area contributed by atoms with E-state index in [9.17, 15) is 4.39 Å². The van der Waals surface area contributed by atoms with Gasteiger partial charge in [0.1, 0.15) is 18.0 Å². The van der Waals surface area contributed by atoms with Gasteiger partial charge in [0, 0.05) is 11.6 Å². The molecule has 0 radical (unpaired) electrons. The first-order chi connectivity index (χ1) is 10.7. The summed E-state index contributed by atoms with van der Waals surface area (Å²) in [5.41, 5.74) is 1.73. The lowest BCUT2D eigenvalue weighted by atomic mass is 10.1. The molecule has 0 amide bonds. The lowest BCUT2D eigenvalue weighted by molar-refractivity contribution is 0.572. The smallest absolute Gasteiger partial charge is 0.145 e. The van der Waals surface area contributed by atoms with E-state index in [0.717, 1.165) is 5.56 Å². The number of benzene rings is 2. The minimum atomic E-state index is -0.308. The number of nitrogens with zero attached hydrogens (tertiary/aromatic N) is 2. The van der Waals surface area contributed by atoms with Crippen LogP contribution in [0.1, 0.15) is 23.0 Å². The maximum absolute atomic E-state index is 13.4. The molecular weight excluding hydrogens is 303 g/mol. The molecule has 6 heteroatoms. The Hall–Kier alpha value is -2.24. The Morgan fingerprint density at radius 2 is 2.00 bits per heavy atom. The molecule has 0 fully saturated rings. The fraction of sp³-hybridized carbons (Fsp3) is 0.125. The van der Waals surface area contributed by atoms with Crippen molar-refractivity contribution in [1.29, 1.82) is 0 Å². The molecule has 1 atom stereocenters. The highest BCUT2D eigenvalue weighted by atomic mass is 35.5. The van der Waals surface area contributed by atoms with Crippen LogP contribution in [0.2, 0.25) is 5.02 Å². The molecule has 0 saturated carbocycles. The van der Waals surface area contributed by atoms with Gasteiger partial charge >= 0.3 is 0 Å². The zero-order valence-corrected chi connectivity index (χ0v) is 12.4.